The van der Waals surface area contributed by atoms with E-state index in [0.29, 0.717) is 12.1 Å². The van der Waals surface area contributed by atoms with Gasteiger partial charge in [0.2, 0.25) is 0 Å². The third-order valence-corrected chi connectivity index (χ3v) is 4.41. The van der Waals surface area contributed by atoms with Crippen LogP contribution in [0.5, 0.6) is 5.75 Å². The first-order valence-corrected chi connectivity index (χ1v) is 7.60. The third kappa shape index (κ3) is 2.80. The van der Waals surface area contributed by atoms with Crippen LogP contribution in [0.25, 0.3) is 10.8 Å². The highest BCUT2D eigenvalue weighted by molar-refractivity contribution is 5.84. The molecule has 106 valence electrons. The molecule has 3 rings (SSSR count). The summed E-state index contributed by atoms with van der Waals surface area (Å²) in [6, 6.07) is 14.1. The molecule has 1 fully saturated rings. The van der Waals surface area contributed by atoms with Crippen LogP contribution in [-0.4, -0.2) is 13.2 Å². The summed E-state index contributed by atoms with van der Waals surface area (Å²) in [5, 5.41) is 6.28. The van der Waals surface area contributed by atoms with Crippen LogP contribution in [0.1, 0.15) is 44.2 Å². The molecule has 0 aromatic heterocycles. The molecule has 2 nitrogen and oxygen atoms in total. The SMILES string of the molecule is COc1ccc2cc(C(C)NC3CCCC3)ccc2c1. The van der Waals surface area contributed by atoms with Crippen LogP contribution in [0, 0.1) is 0 Å². The number of benzene rings is 2. The maximum Gasteiger partial charge on any atom is 0.119 e. The van der Waals surface area contributed by atoms with E-state index in [0.717, 1.165) is 5.75 Å². The maximum atomic E-state index is 5.28. The Bertz CT molecular complexity index is 587. The molecule has 2 heteroatoms. The molecule has 1 unspecified atom stereocenters. The van der Waals surface area contributed by atoms with E-state index >= 15 is 0 Å². The number of hydrogen-bond acceptors (Lipinski definition) is 2. The molecule has 1 N–H and O–H groups in total. The van der Waals surface area contributed by atoms with E-state index in [1.54, 1.807) is 7.11 Å². The van der Waals surface area contributed by atoms with Gasteiger partial charge in [-0.3, -0.25) is 0 Å². The van der Waals surface area contributed by atoms with Gasteiger partial charge < -0.3 is 10.1 Å². The molecular weight excluding hydrogens is 246 g/mol. The zero-order chi connectivity index (χ0) is 13.9. The van der Waals surface area contributed by atoms with Gasteiger partial charge in [0, 0.05) is 12.1 Å². The van der Waals surface area contributed by atoms with Crippen LogP contribution in [0.3, 0.4) is 0 Å². The molecule has 0 heterocycles. The molecule has 1 atom stereocenters. The van der Waals surface area contributed by atoms with Crippen molar-refractivity contribution in [3.63, 3.8) is 0 Å². The van der Waals surface area contributed by atoms with E-state index in [9.17, 15) is 0 Å². The fourth-order valence-electron chi connectivity index (χ4n) is 3.18. The van der Waals surface area contributed by atoms with Gasteiger partial charge in [0.25, 0.3) is 0 Å². The Morgan fingerprint density at radius 2 is 1.75 bits per heavy atom. The average Bonchev–Trinajstić information content (AvgIpc) is 2.99. The van der Waals surface area contributed by atoms with Gasteiger partial charge in [-0.25, -0.2) is 0 Å². The van der Waals surface area contributed by atoms with E-state index in [1.807, 2.05) is 6.07 Å². The molecule has 0 spiro atoms. The van der Waals surface area contributed by atoms with Gasteiger partial charge in [0.1, 0.15) is 5.75 Å². The molecule has 0 amide bonds. The van der Waals surface area contributed by atoms with Crippen molar-refractivity contribution >= 4 is 10.8 Å². The minimum Gasteiger partial charge on any atom is -0.497 e. The van der Waals surface area contributed by atoms with E-state index in [4.69, 9.17) is 4.74 Å². The van der Waals surface area contributed by atoms with Crippen LogP contribution in [0.4, 0.5) is 0 Å². The van der Waals surface area contributed by atoms with Crippen molar-refractivity contribution in [3.8, 4) is 5.75 Å². The van der Waals surface area contributed by atoms with Crippen LogP contribution in [0.15, 0.2) is 36.4 Å². The van der Waals surface area contributed by atoms with Gasteiger partial charge >= 0.3 is 0 Å². The molecule has 0 saturated heterocycles. The molecule has 0 bridgehead atoms. The molecule has 2 aromatic rings. The van der Waals surface area contributed by atoms with Gasteiger partial charge in [0.15, 0.2) is 0 Å². The second-order valence-corrected chi connectivity index (χ2v) is 5.84. The predicted octanol–water partition coefficient (Wildman–Crippen LogP) is 4.44. The molecule has 0 radical (unpaired) electrons. The summed E-state index contributed by atoms with van der Waals surface area (Å²) in [5.74, 6) is 0.919. The summed E-state index contributed by atoms with van der Waals surface area (Å²) in [6.45, 7) is 2.27. The first-order valence-electron chi connectivity index (χ1n) is 7.60. The third-order valence-electron chi connectivity index (χ3n) is 4.41. The Kier molecular flexibility index (Phi) is 3.93. The zero-order valence-corrected chi connectivity index (χ0v) is 12.4. The number of ether oxygens (including phenoxy) is 1. The number of methoxy groups -OCH3 is 1. The predicted molar refractivity (Wildman–Crippen MR) is 84.3 cm³/mol. The van der Waals surface area contributed by atoms with Crippen molar-refractivity contribution in [1.29, 1.82) is 0 Å². The first-order chi connectivity index (χ1) is 9.76. The number of nitrogens with one attached hydrogen (secondary N) is 1. The molecule has 0 aliphatic heterocycles. The first kappa shape index (κ1) is 13.4. The lowest BCUT2D eigenvalue weighted by molar-refractivity contribution is 0.415. The highest BCUT2D eigenvalue weighted by Crippen LogP contribution is 2.26. The van der Waals surface area contributed by atoms with Gasteiger partial charge in [0.05, 0.1) is 7.11 Å². The molecule has 1 saturated carbocycles. The lowest BCUT2D eigenvalue weighted by Gasteiger charge is -2.20. The molecule has 2 aromatic carbocycles. The van der Waals surface area contributed by atoms with Crippen molar-refractivity contribution in [1.82, 2.24) is 5.32 Å². The largest absolute Gasteiger partial charge is 0.497 e. The molecule has 20 heavy (non-hydrogen) atoms. The Morgan fingerprint density at radius 1 is 1.05 bits per heavy atom. The normalized spacial score (nSPS) is 17.5. The van der Waals surface area contributed by atoms with Gasteiger partial charge in [-0.2, -0.15) is 0 Å². The summed E-state index contributed by atoms with van der Waals surface area (Å²) in [4.78, 5) is 0. The lowest BCUT2D eigenvalue weighted by Crippen LogP contribution is -2.28. The molecular formula is C18H23NO. The standard InChI is InChI=1S/C18H23NO/c1-13(19-17-5-3-4-6-17)14-7-8-16-12-18(20-2)10-9-15(16)11-14/h7-13,17,19H,3-6H2,1-2H3. The Balaban J connectivity index is 1.80. The number of rotatable bonds is 4. The summed E-state index contributed by atoms with van der Waals surface area (Å²) in [7, 11) is 1.71. The van der Waals surface area contributed by atoms with Crippen LogP contribution in [-0.2, 0) is 0 Å². The van der Waals surface area contributed by atoms with Crippen LogP contribution >= 0.6 is 0 Å². The minimum atomic E-state index is 0.421. The number of fused-ring (bicyclic) bond motifs is 1. The van der Waals surface area contributed by atoms with E-state index in [-0.39, 0.29) is 0 Å². The summed E-state index contributed by atoms with van der Waals surface area (Å²) in [6.07, 6.45) is 5.41. The quantitative estimate of drug-likeness (QED) is 0.886. The van der Waals surface area contributed by atoms with Crippen molar-refractivity contribution in [2.45, 2.75) is 44.7 Å². The van der Waals surface area contributed by atoms with Gasteiger partial charge in [-0.1, -0.05) is 31.0 Å². The Hall–Kier alpha value is -1.54. The van der Waals surface area contributed by atoms with Crippen molar-refractivity contribution in [2.75, 3.05) is 7.11 Å². The van der Waals surface area contributed by atoms with E-state index < -0.39 is 0 Å². The fraction of sp³-hybridized carbons (Fsp3) is 0.444. The monoisotopic (exact) mass is 269 g/mol. The van der Waals surface area contributed by atoms with Crippen molar-refractivity contribution in [3.05, 3.63) is 42.0 Å². The van der Waals surface area contributed by atoms with Gasteiger partial charge in [-0.05, 0) is 54.3 Å². The summed E-state index contributed by atoms with van der Waals surface area (Å²) >= 11 is 0. The number of hydrogen-bond donors (Lipinski definition) is 1. The summed E-state index contributed by atoms with van der Waals surface area (Å²) < 4.78 is 5.28. The topological polar surface area (TPSA) is 21.3 Å². The highest BCUT2D eigenvalue weighted by Gasteiger charge is 2.17. The van der Waals surface area contributed by atoms with E-state index in [2.05, 4.69) is 42.6 Å². The van der Waals surface area contributed by atoms with Crippen LogP contribution in [0.2, 0.25) is 0 Å². The maximum absolute atomic E-state index is 5.28. The average molecular weight is 269 g/mol. The summed E-state index contributed by atoms with van der Waals surface area (Å²) in [5.41, 5.74) is 1.37. The second-order valence-electron chi connectivity index (χ2n) is 5.84. The Labute approximate surface area is 121 Å². The Morgan fingerprint density at radius 3 is 2.50 bits per heavy atom. The van der Waals surface area contributed by atoms with Crippen molar-refractivity contribution in [2.24, 2.45) is 0 Å². The van der Waals surface area contributed by atoms with Crippen LogP contribution < -0.4 is 10.1 Å². The zero-order valence-electron chi connectivity index (χ0n) is 12.4. The second kappa shape index (κ2) is 5.84. The molecule has 1 aliphatic carbocycles. The molecule has 1 aliphatic rings. The van der Waals surface area contributed by atoms with E-state index in [1.165, 1.54) is 42.0 Å². The highest BCUT2D eigenvalue weighted by atomic mass is 16.5. The van der Waals surface area contributed by atoms with Gasteiger partial charge in [-0.15, -0.1) is 0 Å². The minimum absolute atomic E-state index is 0.421. The smallest absolute Gasteiger partial charge is 0.119 e. The van der Waals surface area contributed by atoms with Crippen molar-refractivity contribution < 1.29 is 4.74 Å². The fourth-order valence-corrected chi connectivity index (χ4v) is 3.18. The lowest BCUT2D eigenvalue weighted by atomic mass is 10.0.